The maximum atomic E-state index is 13.1. The molecule has 2 aromatic rings. The Morgan fingerprint density at radius 2 is 1.67 bits per heavy atom. The lowest BCUT2D eigenvalue weighted by Crippen LogP contribution is -2.50. The van der Waals surface area contributed by atoms with E-state index in [1.165, 1.54) is 12.1 Å². The minimum Gasteiger partial charge on any atom is -0.506 e. The van der Waals surface area contributed by atoms with E-state index in [0.29, 0.717) is 31.7 Å². The van der Waals surface area contributed by atoms with E-state index in [2.05, 4.69) is 4.90 Å². The van der Waals surface area contributed by atoms with Gasteiger partial charge in [0.15, 0.2) is 0 Å². The molecule has 2 aromatic carbocycles. The van der Waals surface area contributed by atoms with Crippen LogP contribution < -0.4 is 10.6 Å². The molecule has 1 amide bonds. The maximum absolute atomic E-state index is 13.1. The van der Waals surface area contributed by atoms with Crippen molar-refractivity contribution in [1.29, 1.82) is 0 Å². The van der Waals surface area contributed by atoms with Crippen molar-refractivity contribution in [2.24, 2.45) is 5.73 Å². The zero-order valence-corrected chi connectivity index (χ0v) is 13.2. The van der Waals surface area contributed by atoms with Crippen LogP contribution in [-0.4, -0.2) is 42.1 Å². The molecule has 0 saturated carbocycles. The van der Waals surface area contributed by atoms with Crippen LogP contribution in [-0.2, 0) is 4.79 Å². The number of hydrogen-bond acceptors (Lipinski definition) is 4. The third kappa shape index (κ3) is 3.33. The summed E-state index contributed by atoms with van der Waals surface area (Å²) >= 11 is 0. The normalized spacial score (nSPS) is 16.8. The number of piperazine rings is 1. The van der Waals surface area contributed by atoms with Crippen LogP contribution >= 0.6 is 0 Å². The molecule has 3 rings (SSSR count). The van der Waals surface area contributed by atoms with Gasteiger partial charge in [0.2, 0.25) is 5.91 Å². The van der Waals surface area contributed by atoms with Crippen molar-refractivity contribution in [3.8, 4) is 5.75 Å². The maximum Gasteiger partial charge on any atom is 0.239 e. The summed E-state index contributed by atoms with van der Waals surface area (Å²) in [5, 5.41) is 9.97. The second-order valence-corrected chi connectivity index (χ2v) is 5.87. The van der Waals surface area contributed by atoms with Crippen LogP contribution in [0.2, 0.25) is 0 Å². The van der Waals surface area contributed by atoms with E-state index >= 15 is 0 Å². The first-order chi connectivity index (χ1) is 11.6. The predicted molar refractivity (Wildman–Crippen MR) is 90.2 cm³/mol. The fraction of sp³-hybridized carbons (Fsp3) is 0.278. The van der Waals surface area contributed by atoms with Crippen LogP contribution in [0.4, 0.5) is 10.1 Å². The predicted octanol–water partition coefficient (Wildman–Crippen LogP) is 1.88. The second-order valence-electron chi connectivity index (χ2n) is 5.87. The molecule has 0 radical (unpaired) electrons. The van der Waals surface area contributed by atoms with E-state index in [0.717, 1.165) is 5.69 Å². The lowest BCUT2D eigenvalue weighted by atomic mass is 10.0. The second kappa shape index (κ2) is 6.88. The average molecular weight is 329 g/mol. The smallest absolute Gasteiger partial charge is 0.239 e. The highest BCUT2D eigenvalue weighted by molar-refractivity contribution is 5.81. The number of benzene rings is 2. The zero-order valence-electron chi connectivity index (χ0n) is 13.2. The fourth-order valence-corrected chi connectivity index (χ4v) is 3.15. The first-order valence-electron chi connectivity index (χ1n) is 7.88. The highest BCUT2D eigenvalue weighted by Gasteiger charge is 2.29. The molecule has 0 aliphatic carbocycles. The van der Waals surface area contributed by atoms with Crippen LogP contribution in [0.5, 0.6) is 5.75 Å². The van der Waals surface area contributed by atoms with Gasteiger partial charge >= 0.3 is 0 Å². The molecule has 0 aromatic heterocycles. The molecule has 0 spiro atoms. The number of phenols is 1. The largest absolute Gasteiger partial charge is 0.506 e. The number of para-hydroxylation sites is 2. The van der Waals surface area contributed by atoms with Crippen molar-refractivity contribution in [3.63, 3.8) is 0 Å². The van der Waals surface area contributed by atoms with Gasteiger partial charge in [-0.25, -0.2) is 4.39 Å². The van der Waals surface area contributed by atoms with Gasteiger partial charge in [0.05, 0.1) is 5.69 Å². The molecule has 1 saturated heterocycles. The van der Waals surface area contributed by atoms with Crippen LogP contribution in [0, 0.1) is 5.82 Å². The topological polar surface area (TPSA) is 69.8 Å². The number of amides is 1. The Bertz CT molecular complexity index is 712. The number of primary amides is 1. The molecule has 24 heavy (non-hydrogen) atoms. The highest BCUT2D eigenvalue weighted by atomic mass is 19.1. The van der Waals surface area contributed by atoms with E-state index in [1.54, 1.807) is 24.3 Å². The average Bonchev–Trinajstić information content (AvgIpc) is 2.58. The van der Waals surface area contributed by atoms with Crippen molar-refractivity contribution in [1.82, 2.24) is 4.90 Å². The lowest BCUT2D eigenvalue weighted by molar-refractivity contribution is -0.123. The number of nitrogens with two attached hydrogens (primary N) is 1. The van der Waals surface area contributed by atoms with Crippen LogP contribution in [0.1, 0.15) is 11.6 Å². The van der Waals surface area contributed by atoms with E-state index in [4.69, 9.17) is 5.73 Å². The van der Waals surface area contributed by atoms with E-state index < -0.39 is 11.9 Å². The van der Waals surface area contributed by atoms with Gasteiger partial charge in [-0.2, -0.15) is 0 Å². The summed E-state index contributed by atoms with van der Waals surface area (Å²) in [7, 11) is 0. The Hall–Kier alpha value is -2.60. The Labute approximate surface area is 140 Å². The number of carbonyl (C=O) groups excluding carboxylic acids is 1. The molecular formula is C18H20FN3O2. The molecule has 1 aliphatic rings. The van der Waals surface area contributed by atoms with Gasteiger partial charge in [-0.1, -0.05) is 24.3 Å². The summed E-state index contributed by atoms with van der Waals surface area (Å²) < 4.78 is 13.1. The van der Waals surface area contributed by atoms with Gasteiger partial charge in [-0.05, 0) is 29.8 Å². The summed E-state index contributed by atoms with van der Waals surface area (Å²) in [6, 6.07) is 12.5. The summed E-state index contributed by atoms with van der Waals surface area (Å²) in [4.78, 5) is 16.0. The van der Waals surface area contributed by atoms with E-state index in [9.17, 15) is 14.3 Å². The molecule has 0 unspecified atom stereocenters. The van der Waals surface area contributed by atoms with Crippen molar-refractivity contribution < 1.29 is 14.3 Å². The first kappa shape index (κ1) is 16.3. The van der Waals surface area contributed by atoms with Crippen LogP contribution in [0.15, 0.2) is 48.5 Å². The Morgan fingerprint density at radius 1 is 1.04 bits per heavy atom. The number of phenolic OH excluding ortho intramolecular Hbond substituents is 1. The summed E-state index contributed by atoms with van der Waals surface area (Å²) in [6.45, 7) is 2.59. The number of halogens is 1. The number of nitrogens with zero attached hydrogens (tertiary/aromatic N) is 2. The zero-order chi connectivity index (χ0) is 17.1. The molecule has 1 atom stereocenters. The Balaban J connectivity index is 1.73. The molecule has 6 heteroatoms. The Morgan fingerprint density at radius 3 is 2.25 bits per heavy atom. The van der Waals surface area contributed by atoms with Gasteiger partial charge in [-0.15, -0.1) is 0 Å². The van der Waals surface area contributed by atoms with Gasteiger partial charge < -0.3 is 15.7 Å². The molecule has 1 aliphatic heterocycles. The molecular weight excluding hydrogens is 309 g/mol. The molecule has 126 valence electrons. The third-order valence-electron chi connectivity index (χ3n) is 4.36. The fourth-order valence-electron chi connectivity index (χ4n) is 3.15. The summed E-state index contributed by atoms with van der Waals surface area (Å²) in [5.74, 6) is -0.542. The van der Waals surface area contributed by atoms with Crippen molar-refractivity contribution in [2.45, 2.75) is 6.04 Å². The molecule has 0 bridgehead atoms. The number of aromatic hydroxyl groups is 1. The van der Waals surface area contributed by atoms with Gasteiger partial charge in [-0.3, -0.25) is 9.69 Å². The SMILES string of the molecule is NC(=O)[C@@H](c1ccc(F)cc1)N1CCN(c2ccccc2O)CC1. The molecule has 3 N–H and O–H groups in total. The van der Waals surface area contributed by atoms with Crippen LogP contribution in [0.25, 0.3) is 0 Å². The number of anilines is 1. The minimum absolute atomic E-state index is 0.246. The van der Waals surface area contributed by atoms with Gasteiger partial charge in [0, 0.05) is 26.2 Å². The number of hydrogen-bond donors (Lipinski definition) is 2. The monoisotopic (exact) mass is 329 g/mol. The Kier molecular flexibility index (Phi) is 4.66. The quantitative estimate of drug-likeness (QED) is 0.899. The molecule has 1 heterocycles. The molecule has 1 fully saturated rings. The number of rotatable bonds is 4. The van der Waals surface area contributed by atoms with Gasteiger partial charge in [0.25, 0.3) is 0 Å². The van der Waals surface area contributed by atoms with Gasteiger partial charge in [0.1, 0.15) is 17.6 Å². The standard InChI is InChI=1S/C18H20FN3O2/c19-14-7-5-13(6-8-14)17(18(20)24)22-11-9-21(10-12-22)15-3-1-2-4-16(15)23/h1-8,17,23H,9-12H2,(H2,20,24)/t17-/m1/s1. The van der Waals surface area contributed by atoms with Crippen LogP contribution in [0.3, 0.4) is 0 Å². The third-order valence-corrected chi connectivity index (χ3v) is 4.36. The number of carbonyl (C=O) groups is 1. The van der Waals surface area contributed by atoms with Crippen molar-refractivity contribution in [3.05, 3.63) is 59.9 Å². The van der Waals surface area contributed by atoms with E-state index in [1.807, 2.05) is 17.0 Å². The van der Waals surface area contributed by atoms with Crippen molar-refractivity contribution in [2.75, 3.05) is 31.1 Å². The summed E-state index contributed by atoms with van der Waals surface area (Å²) in [6.07, 6.45) is 0. The molecule has 5 nitrogen and oxygen atoms in total. The highest BCUT2D eigenvalue weighted by Crippen LogP contribution is 2.29. The minimum atomic E-state index is -0.572. The first-order valence-corrected chi connectivity index (χ1v) is 7.88. The van der Waals surface area contributed by atoms with Crippen molar-refractivity contribution >= 4 is 11.6 Å². The van der Waals surface area contributed by atoms with E-state index in [-0.39, 0.29) is 11.6 Å². The summed E-state index contributed by atoms with van der Waals surface area (Å²) in [5.41, 5.74) is 7.06. The lowest BCUT2D eigenvalue weighted by Gasteiger charge is -2.39.